The highest BCUT2D eigenvalue weighted by Gasteiger charge is 2.06. The Morgan fingerprint density at radius 2 is 1.95 bits per heavy atom. The van der Waals surface area contributed by atoms with Gasteiger partial charge in [-0.1, -0.05) is 27.5 Å². The minimum absolute atomic E-state index is 0.0380. The average Bonchev–Trinajstić information content (AvgIpc) is 2.41. The van der Waals surface area contributed by atoms with Crippen LogP contribution in [0.4, 0.5) is 5.69 Å². The van der Waals surface area contributed by atoms with E-state index in [-0.39, 0.29) is 12.5 Å². The lowest BCUT2D eigenvalue weighted by molar-refractivity contribution is -0.118. The molecule has 0 aliphatic heterocycles. The molecule has 0 bridgehead atoms. The molecule has 0 aliphatic carbocycles. The fraction of sp³-hybridized carbons (Fsp3) is 0.133. The number of benzene rings is 2. The van der Waals surface area contributed by atoms with Gasteiger partial charge in [-0.05, 0) is 55.0 Å². The van der Waals surface area contributed by atoms with Crippen LogP contribution in [0.25, 0.3) is 0 Å². The van der Waals surface area contributed by atoms with Crippen molar-refractivity contribution < 1.29 is 9.53 Å². The molecule has 0 aliphatic rings. The Bertz CT molecular complexity index is 614. The number of carbonyl (C=O) groups is 1. The second-order valence-electron chi connectivity index (χ2n) is 4.25. The molecule has 104 valence electrons. The molecular formula is C15H13BrClNO2. The van der Waals surface area contributed by atoms with Crippen LogP contribution in [0.5, 0.6) is 5.75 Å². The lowest BCUT2D eigenvalue weighted by Crippen LogP contribution is -2.20. The molecule has 0 aromatic heterocycles. The Hall–Kier alpha value is -1.52. The van der Waals surface area contributed by atoms with E-state index >= 15 is 0 Å². The first-order chi connectivity index (χ1) is 9.54. The molecule has 0 radical (unpaired) electrons. The maximum atomic E-state index is 11.8. The molecule has 0 saturated carbocycles. The molecule has 3 nitrogen and oxygen atoms in total. The van der Waals surface area contributed by atoms with Crippen molar-refractivity contribution in [2.75, 3.05) is 11.9 Å². The summed E-state index contributed by atoms with van der Waals surface area (Å²) in [6.07, 6.45) is 0. The zero-order chi connectivity index (χ0) is 14.5. The van der Waals surface area contributed by atoms with Crippen molar-refractivity contribution in [1.29, 1.82) is 0 Å². The minimum atomic E-state index is -0.210. The predicted molar refractivity (Wildman–Crippen MR) is 84.5 cm³/mol. The van der Waals surface area contributed by atoms with Gasteiger partial charge in [0.05, 0.1) is 0 Å². The van der Waals surface area contributed by atoms with Gasteiger partial charge in [-0.15, -0.1) is 0 Å². The number of rotatable bonds is 4. The number of halogens is 2. The molecule has 5 heteroatoms. The second-order valence-corrected chi connectivity index (χ2v) is 5.60. The topological polar surface area (TPSA) is 38.3 Å². The molecule has 0 atom stereocenters. The summed E-state index contributed by atoms with van der Waals surface area (Å²) < 4.78 is 6.36. The van der Waals surface area contributed by atoms with E-state index in [1.807, 2.05) is 19.1 Å². The number of ether oxygens (including phenoxy) is 1. The van der Waals surface area contributed by atoms with Crippen LogP contribution >= 0.6 is 27.5 Å². The SMILES string of the molecule is Cc1cc(Cl)ccc1NC(=O)COc1ccc(Br)cc1. The van der Waals surface area contributed by atoms with E-state index in [2.05, 4.69) is 21.2 Å². The Labute approximate surface area is 131 Å². The van der Waals surface area contributed by atoms with E-state index in [9.17, 15) is 4.79 Å². The quantitative estimate of drug-likeness (QED) is 0.882. The van der Waals surface area contributed by atoms with Gasteiger partial charge in [-0.2, -0.15) is 0 Å². The molecule has 0 unspecified atom stereocenters. The first-order valence-electron chi connectivity index (χ1n) is 5.99. The largest absolute Gasteiger partial charge is 0.484 e. The van der Waals surface area contributed by atoms with E-state index in [0.29, 0.717) is 10.8 Å². The van der Waals surface area contributed by atoms with Gasteiger partial charge in [0.1, 0.15) is 5.75 Å². The zero-order valence-corrected chi connectivity index (χ0v) is 13.2. The van der Waals surface area contributed by atoms with Crippen LogP contribution in [-0.4, -0.2) is 12.5 Å². The number of anilines is 1. The maximum absolute atomic E-state index is 11.8. The van der Waals surface area contributed by atoms with Gasteiger partial charge in [0, 0.05) is 15.2 Å². The van der Waals surface area contributed by atoms with Crippen LogP contribution in [0.1, 0.15) is 5.56 Å². The summed E-state index contributed by atoms with van der Waals surface area (Å²) >= 11 is 9.20. The average molecular weight is 355 g/mol. The lowest BCUT2D eigenvalue weighted by atomic mass is 10.2. The van der Waals surface area contributed by atoms with E-state index < -0.39 is 0 Å². The van der Waals surface area contributed by atoms with E-state index in [1.165, 1.54) is 0 Å². The fourth-order valence-electron chi connectivity index (χ4n) is 1.63. The molecule has 1 N–H and O–H groups in total. The van der Waals surface area contributed by atoms with Crippen molar-refractivity contribution >= 4 is 39.1 Å². The summed E-state index contributed by atoms with van der Waals surface area (Å²) in [5, 5.41) is 3.43. The van der Waals surface area contributed by atoms with E-state index in [4.69, 9.17) is 16.3 Å². The summed E-state index contributed by atoms with van der Waals surface area (Å²) in [6, 6.07) is 12.6. The van der Waals surface area contributed by atoms with E-state index in [1.54, 1.807) is 30.3 Å². The fourth-order valence-corrected chi connectivity index (χ4v) is 2.12. The van der Waals surface area contributed by atoms with Crippen LogP contribution in [0, 0.1) is 6.92 Å². The van der Waals surface area contributed by atoms with Crippen molar-refractivity contribution in [3.8, 4) is 5.75 Å². The number of amides is 1. The zero-order valence-electron chi connectivity index (χ0n) is 10.8. The minimum Gasteiger partial charge on any atom is -0.484 e. The smallest absolute Gasteiger partial charge is 0.262 e. The van der Waals surface area contributed by atoms with E-state index in [0.717, 1.165) is 15.7 Å². The first-order valence-corrected chi connectivity index (χ1v) is 7.16. The summed E-state index contributed by atoms with van der Waals surface area (Å²) in [5.41, 5.74) is 1.65. The van der Waals surface area contributed by atoms with Crippen LogP contribution in [0.2, 0.25) is 5.02 Å². The number of hydrogen-bond donors (Lipinski definition) is 1. The molecular weight excluding hydrogens is 342 g/mol. The van der Waals surface area contributed by atoms with Crippen molar-refractivity contribution in [2.24, 2.45) is 0 Å². The summed E-state index contributed by atoms with van der Waals surface area (Å²) in [6.45, 7) is 1.85. The Morgan fingerprint density at radius 3 is 2.60 bits per heavy atom. The maximum Gasteiger partial charge on any atom is 0.262 e. The van der Waals surface area contributed by atoms with Crippen molar-refractivity contribution in [1.82, 2.24) is 0 Å². The van der Waals surface area contributed by atoms with Gasteiger partial charge >= 0.3 is 0 Å². The molecule has 1 amide bonds. The highest BCUT2D eigenvalue weighted by molar-refractivity contribution is 9.10. The van der Waals surface area contributed by atoms with Crippen molar-refractivity contribution in [3.63, 3.8) is 0 Å². The standard InChI is InChI=1S/C15H13BrClNO2/c1-10-8-12(17)4-7-14(10)18-15(19)9-20-13-5-2-11(16)3-6-13/h2-8H,9H2,1H3,(H,18,19). The molecule has 0 heterocycles. The number of hydrogen-bond acceptors (Lipinski definition) is 2. The first kappa shape index (κ1) is 14.9. The third-order valence-corrected chi connectivity index (χ3v) is 3.41. The Morgan fingerprint density at radius 1 is 1.25 bits per heavy atom. The molecule has 20 heavy (non-hydrogen) atoms. The highest BCUT2D eigenvalue weighted by Crippen LogP contribution is 2.20. The third kappa shape index (κ3) is 4.25. The molecule has 2 aromatic rings. The number of nitrogens with one attached hydrogen (secondary N) is 1. The van der Waals surface area contributed by atoms with Crippen molar-refractivity contribution in [2.45, 2.75) is 6.92 Å². The van der Waals surface area contributed by atoms with Gasteiger partial charge < -0.3 is 10.1 Å². The Balaban J connectivity index is 1.90. The molecule has 2 aromatic carbocycles. The van der Waals surface area contributed by atoms with Crippen LogP contribution in [0.15, 0.2) is 46.9 Å². The normalized spacial score (nSPS) is 10.2. The molecule has 0 spiro atoms. The third-order valence-electron chi connectivity index (χ3n) is 2.65. The van der Waals surface area contributed by atoms with Gasteiger partial charge in [0.25, 0.3) is 5.91 Å². The predicted octanol–water partition coefficient (Wildman–Crippen LogP) is 4.43. The lowest BCUT2D eigenvalue weighted by Gasteiger charge is -2.10. The van der Waals surface area contributed by atoms with Crippen molar-refractivity contribution in [3.05, 3.63) is 57.5 Å². The molecule has 2 rings (SSSR count). The molecule has 0 fully saturated rings. The van der Waals surface area contributed by atoms with Gasteiger partial charge in [0.15, 0.2) is 6.61 Å². The second kappa shape index (κ2) is 6.77. The highest BCUT2D eigenvalue weighted by atomic mass is 79.9. The van der Waals surface area contributed by atoms with Gasteiger partial charge in [-0.25, -0.2) is 0 Å². The van der Waals surface area contributed by atoms with Gasteiger partial charge in [0.2, 0.25) is 0 Å². The van der Waals surface area contributed by atoms with Crippen LogP contribution < -0.4 is 10.1 Å². The summed E-state index contributed by atoms with van der Waals surface area (Å²) in [7, 11) is 0. The monoisotopic (exact) mass is 353 g/mol. The van der Waals surface area contributed by atoms with Crippen LogP contribution in [-0.2, 0) is 4.79 Å². The number of carbonyl (C=O) groups excluding carboxylic acids is 1. The molecule has 0 saturated heterocycles. The summed E-state index contributed by atoms with van der Waals surface area (Å²) in [5.74, 6) is 0.439. The number of aryl methyl sites for hydroxylation is 1. The summed E-state index contributed by atoms with van der Waals surface area (Å²) in [4.78, 5) is 11.8. The Kier molecular flexibility index (Phi) is 5.04. The van der Waals surface area contributed by atoms with Gasteiger partial charge in [-0.3, -0.25) is 4.79 Å². The van der Waals surface area contributed by atoms with Crippen LogP contribution in [0.3, 0.4) is 0 Å².